The summed E-state index contributed by atoms with van der Waals surface area (Å²) in [6.07, 6.45) is -2.42. The van der Waals surface area contributed by atoms with Crippen LogP contribution in [0.25, 0.3) is 0 Å². The second-order valence-electron chi connectivity index (χ2n) is 11.7. The van der Waals surface area contributed by atoms with Gasteiger partial charge in [0.15, 0.2) is 0 Å². The van der Waals surface area contributed by atoms with Crippen LogP contribution in [0, 0.1) is 5.41 Å². The fourth-order valence-electron chi connectivity index (χ4n) is 7.47. The second kappa shape index (κ2) is 9.55. The Balaban J connectivity index is 1.27. The number of fused-ring (bicyclic) bond motifs is 5. The number of ether oxygens (including phenoxy) is 1. The lowest BCUT2D eigenvalue weighted by molar-refractivity contribution is -0.139. The molecule has 4 aliphatic rings. The van der Waals surface area contributed by atoms with Gasteiger partial charge in [-0.2, -0.15) is 13.2 Å². The molecule has 2 N–H and O–H groups in total. The molecule has 3 atom stereocenters. The lowest BCUT2D eigenvalue weighted by Gasteiger charge is -2.50. The largest absolute Gasteiger partial charge is 0.496 e. The summed E-state index contributed by atoms with van der Waals surface area (Å²) in [5.41, 5.74) is 1.30. The van der Waals surface area contributed by atoms with Gasteiger partial charge in [0, 0.05) is 43.6 Å². The third-order valence-electron chi connectivity index (χ3n) is 9.65. The van der Waals surface area contributed by atoms with Gasteiger partial charge in [-0.15, -0.1) is 0 Å². The molecule has 0 radical (unpaired) electrons. The van der Waals surface area contributed by atoms with E-state index in [0.29, 0.717) is 50.0 Å². The van der Waals surface area contributed by atoms with Gasteiger partial charge in [0.2, 0.25) is 11.8 Å². The first kappa shape index (κ1) is 27.7. The number of carbonyl (C=O) groups excluding carboxylic acids is 3. The molecule has 3 heterocycles. The third kappa shape index (κ3) is 4.23. The number of aliphatic hydroxyl groups is 1. The first-order chi connectivity index (χ1) is 19.4. The van der Waals surface area contributed by atoms with E-state index in [9.17, 15) is 32.7 Å². The van der Waals surface area contributed by atoms with Gasteiger partial charge in [-0.25, -0.2) is 0 Å². The van der Waals surface area contributed by atoms with Crippen molar-refractivity contribution in [3.63, 3.8) is 0 Å². The molecular formula is C30H32F3N3O5. The Bertz CT molecular complexity index is 1460. The number of hydrogen-bond donors (Lipinski definition) is 2. The smallest absolute Gasteiger partial charge is 0.419 e. The average Bonchev–Trinajstić information content (AvgIpc) is 3.39. The van der Waals surface area contributed by atoms with E-state index in [0.717, 1.165) is 22.8 Å². The number of carbonyl (C=O) groups is 3. The summed E-state index contributed by atoms with van der Waals surface area (Å²) in [5.74, 6) is -1.27. The Morgan fingerprint density at radius 3 is 2.61 bits per heavy atom. The number of alkyl halides is 3. The number of piperidine rings is 2. The predicted molar refractivity (Wildman–Crippen MR) is 141 cm³/mol. The number of halogens is 3. The molecule has 0 aromatic heterocycles. The summed E-state index contributed by atoms with van der Waals surface area (Å²) in [7, 11) is 1.22. The van der Waals surface area contributed by atoms with Crippen LogP contribution in [0.4, 0.5) is 13.2 Å². The van der Waals surface area contributed by atoms with E-state index in [4.69, 9.17) is 4.74 Å². The molecule has 2 aromatic carbocycles. The van der Waals surface area contributed by atoms with Crippen molar-refractivity contribution >= 4 is 17.7 Å². The minimum absolute atomic E-state index is 0.175. The van der Waals surface area contributed by atoms with E-state index >= 15 is 0 Å². The molecule has 3 aliphatic heterocycles. The molecule has 1 aliphatic carbocycles. The Labute approximate surface area is 235 Å². The van der Waals surface area contributed by atoms with Crippen LogP contribution < -0.4 is 10.1 Å². The minimum atomic E-state index is -4.51. The number of benzene rings is 2. The molecule has 11 heteroatoms. The molecular weight excluding hydrogens is 539 g/mol. The van der Waals surface area contributed by atoms with Crippen LogP contribution in [-0.4, -0.2) is 58.9 Å². The number of likely N-dealkylation sites (tertiary alicyclic amines) is 1. The van der Waals surface area contributed by atoms with Crippen molar-refractivity contribution < 1.29 is 37.4 Å². The molecule has 0 bridgehead atoms. The fraction of sp³-hybridized carbons (Fsp3) is 0.500. The molecule has 6 rings (SSSR count). The van der Waals surface area contributed by atoms with Crippen LogP contribution in [0.15, 0.2) is 30.3 Å². The van der Waals surface area contributed by atoms with Gasteiger partial charge in [-0.1, -0.05) is 19.1 Å². The van der Waals surface area contributed by atoms with E-state index in [-0.39, 0.29) is 37.0 Å². The molecule has 3 amide bonds. The van der Waals surface area contributed by atoms with Crippen molar-refractivity contribution in [2.75, 3.05) is 20.2 Å². The van der Waals surface area contributed by atoms with E-state index in [1.54, 1.807) is 6.07 Å². The minimum Gasteiger partial charge on any atom is -0.496 e. The SMILES string of the molecule is CCC12Cc3c(ccc4c3CN(C3CCC(=O)NC3=O)C4=O)C1(O)CCN(Cc1ccc(C(F)(F)F)c(OC)c1)C2. The molecule has 218 valence electrons. The summed E-state index contributed by atoms with van der Waals surface area (Å²) < 4.78 is 45.1. The maximum Gasteiger partial charge on any atom is 0.419 e. The number of imide groups is 1. The number of nitrogens with zero attached hydrogens (tertiary/aromatic N) is 2. The highest BCUT2D eigenvalue weighted by molar-refractivity contribution is 6.05. The normalized spacial score (nSPS) is 27.9. The zero-order valence-corrected chi connectivity index (χ0v) is 22.9. The number of rotatable bonds is 5. The Kier molecular flexibility index (Phi) is 6.46. The van der Waals surface area contributed by atoms with E-state index < -0.39 is 34.7 Å². The molecule has 0 spiro atoms. The van der Waals surface area contributed by atoms with Gasteiger partial charge in [0.25, 0.3) is 5.91 Å². The van der Waals surface area contributed by atoms with Crippen LogP contribution in [0.3, 0.4) is 0 Å². The molecule has 3 unspecified atom stereocenters. The van der Waals surface area contributed by atoms with Gasteiger partial charge < -0.3 is 14.7 Å². The van der Waals surface area contributed by atoms with Crippen LogP contribution in [0.2, 0.25) is 0 Å². The number of nitrogens with one attached hydrogen (secondary N) is 1. The van der Waals surface area contributed by atoms with Crippen LogP contribution >= 0.6 is 0 Å². The van der Waals surface area contributed by atoms with E-state index in [1.807, 2.05) is 13.0 Å². The zero-order valence-electron chi connectivity index (χ0n) is 22.9. The first-order valence-corrected chi connectivity index (χ1v) is 13.9. The maximum absolute atomic E-state index is 13.4. The van der Waals surface area contributed by atoms with Crippen molar-refractivity contribution in [2.24, 2.45) is 5.41 Å². The number of hydrogen-bond acceptors (Lipinski definition) is 6. The van der Waals surface area contributed by atoms with Crippen molar-refractivity contribution in [1.29, 1.82) is 0 Å². The fourth-order valence-corrected chi connectivity index (χ4v) is 7.47. The lowest BCUT2D eigenvalue weighted by Crippen LogP contribution is -2.55. The third-order valence-corrected chi connectivity index (χ3v) is 9.65. The van der Waals surface area contributed by atoms with Gasteiger partial charge >= 0.3 is 6.18 Å². The van der Waals surface area contributed by atoms with Crippen molar-refractivity contribution in [2.45, 2.75) is 69.9 Å². The topological polar surface area (TPSA) is 99.2 Å². The molecule has 2 fully saturated rings. The average molecular weight is 572 g/mol. The Morgan fingerprint density at radius 2 is 1.93 bits per heavy atom. The first-order valence-electron chi connectivity index (χ1n) is 13.9. The summed E-state index contributed by atoms with van der Waals surface area (Å²) in [6, 6.07) is 6.81. The summed E-state index contributed by atoms with van der Waals surface area (Å²) in [4.78, 5) is 41.2. The monoisotopic (exact) mass is 571 g/mol. The molecule has 8 nitrogen and oxygen atoms in total. The standard InChI is InChI=1S/C30H32F3N3O5/c1-3-28-13-19-20-15-36(23-8-9-25(37)34-26(23)38)27(39)18(20)5-7-21(19)29(28,40)10-11-35(16-28)14-17-4-6-22(30(31,32)33)24(12-17)41-2/h4-7,12,23,40H,3,8-11,13-16H2,1-2H3,(H,34,37,38). The van der Waals surface area contributed by atoms with Crippen molar-refractivity contribution in [3.8, 4) is 5.75 Å². The molecule has 0 saturated carbocycles. The van der Waals surface area contributed by atoms with E-state index in [2.05, 4.69) is 10.2 Å². The second-order valence-corrected chi connectivity index (χ2v) is 11.7. The highest BCUT2D eigenvalue weighted by Crippen LogP contribution is 2.58. The molecule has 41 heavy (non-hydrogen) atoms. The highest BCUT2D eigenvalue weighted by Gasteiger charge is 2.59. The summed E-state index contributed by atoms with van der Waals surface area (Å²) in [6.45, 7) is 3.75. The van der Waals surface area contributed by atoms with Gasteiger partial charge in [0.1, 0.15) is 11.8 Å². The maximum atomic E-state index is 13.4. The highest BCUT2D eigenvalue weighted by atomic mass is 19.4. The quantitative estimate of drug-likeness (QED) is 0.533. The van der Waals surface area contributed by atoms with E-state index in [1.165, 1.54) is 24.1 Å². The lowest BCUT2D eigenvalue weighted by atomic mass is 9.66. The predicted octanol–water partition coefficient (Wildman–Crippen LogP) is 3.52. The summed E-state index contributed by atoms with van der Waals surface area (Å²) >= 11 is 0. The van der Waals surface area contributed by atoms with Crippen molar-refractivity contribution in [1.82, 2.24) is 15.1 Å². The van der Waals surface area contributed by atoms with Crippen LogP contribution in [-0.2, 0) is 40.9 Å². The molecule has 2 saturated heterocycles. The Hall–Kier alpha value is -3.44. The van der Waals surface area contributed by atoms with Crippen molar-refractivity contribution in [3.05, 3.63) is 63.7 Å². The van der Waals surface area contributed by atoms with Gasteiger partial charge in [-0.3, -0.25) is 24.6 Å². The zero-order chi connectivity index (χ0) is 29.3. The van der Waals surface area contributed by atoms with Gasteiger partial charge in [0.05, 0.1) is 18.3 Å². The number of methoxy groups -OCH3 is 1. The number of amides is 3. The van der Waals surface area contributed by atoms with Crippen LogP contribution in [0.5, 0.6) is 5.75 Å². The van der Waals surface area contributed by atoms with Gasteiger partial charge in [-0.05, 0) is 66.1 Å². The Morgan fingerprint density at radius 1 is 1.15 bits per heavy atom. The molecule has 2 aromatic rings. The van der Waals surface area contributed by atoms with Crippen LogP contribution in [0.1, 0.15) is 70.8 Å². The summed E-state index contributed by atoms with van der Waals surface area (Å²) in [5, 5.41) is 14.5.